The van der Waals surface area contributed by atoms with E-state index in [0.29, 0.717) is 39.3 Å². The summed E-state index contributed by atoms with van der Waals surface area (Å²) in [6.45, 7) is 6.57. The van der Waals surface area contributed by atoms with Crippen LogP contribution in [0.1, 0.15) is 212 Å². The minimum atomic E-state index is -0.878. The first-order chi connectivity index (χ1) is 29.4. The molecule has 6 nitrogen and oxygen atoms in total. The van der Waals surface area contributed by atoms with Crippen LogP contribution in [0.4, 0.5) is 0 Å². The third-order valence-corrected chi connectivity index (χ3v) is 12.6. The molecule has 0 saturated carbocycles. The van der Waals surface area contributed by atoms with E-state index in [1.165, 1.54) is 121 Å². The van der Waals surface area contributed by atoms with E-state index in [1.54, 1.807) is 0 Å². The summed E-state index contributed by atoms with van der Waals surface area (Å²) in [7, 11) is 0. The first-order valence-electron chi connectivity index (χ1n) is 24.7. The summed E-state index contributed by atoms with van der Waals surface area (Å²) in [5, 5.41) is 1.10. The molecule has 0 spiro atoms. The average molecular weight is 899 g/mol. The zero-order valence-corrected chi connectivity index (χ0v) is 41.2. The van der Waals surface area contributed by atoms with Gasteiger partial charge < -0.3 is 0 Å². The van der Waals surface area contributed by atoms with E-state index in [9.17, 15) is 9.59 Å². The van der Waals surface area contributed by atoms with Crippen LogP contribution in [-0.4, -0.2) is 53.0 Å². The summed E-state index contributed by atoms with van der Waals surface area (Å²) in [4.78, 5) is 24.4. The van der Waals surface area contributed by atoms with Crippen LogP contribution in [-0.2, 0) is 24.3 Å². The van der Waals surface area contributed by atoms with Crippen molar-refractivity contribution in [2.45, 2.75) is 223 Å². The van der Waals surface area contributed by atoms with Crippen LogP contribution in [0.3, 0.4) is 0 Å². The van der Waals surface area contributed by atoms with Gasteiger partial charge in [0.05, 0.1) is 0 Å². The van der Waals surface area contributed by atoms with Gasteiger partial charge in [-0.25, -0.2) is 0 Å². The Morgan fingerprint density at radius 1 is 0.450 bits per heavy atom. The molecule has 0 saturated heterocycles. The molecule has 0 aliphatic rings. The Kier molecular flexibility index (Phi) is 40.0. The summed E-state index contributed by atoms with van der Waals surface area (Å²) in [5.41, 5.74) is 5.98. The molecular weight excluding hydrogens is 807 g/mol. The molecule has 7 heteroatoms. The summed E-state index contributed by atoms with van der Waals surface area (Å²) in [6.07, 6.45) is 47.4. The number of carbonyl (C=O) groups excluding carboxylic acids is 2. The first kappa shape index (κ1) is 55.6. The van der Waals surface area contributed by atoms with Crippen molar-refractivity contribution < 1.29 is 28.5 Å². The molecule has 0 N–H and O–H groups in total. The fourth-order valence-electron chi connectivity index (χ4n) is 6.98. The number of unbranched alkanes of at least 4 members (excludes halogenated alkanes) is 21. The van der Waals surface area contributed by atoms with Crippen LogP contribution >= 0.6 is 0 Å². The summed E-state index contributed by atoms with van der Waals surface area (Å²) in [6, 6.07) is 6.26. The van der Waals surface area contributed by atoms with E-state index >= 15 is 0 Å². The van der Waals surface area contributed by atoms with Gasteiger partial charge in [0.25, 0.3) is 0 Å². The Morgan fingerprint density at radius 3 is 1.27 bits per heavy atom. The maximum absolute atomic E-state index is 12.2. The van der Waals surface area contributed by atoms with Crippen molar-refractivity contribution in [3.63, 3.8) is 0 Å². The molecule has 0 heterocycles. The Labute approximate surface area is 374 Å². The van der Waals surface area contributed by atoms with Crippen molar-refractivity contribution in [2.24, 2.45) is 0 Å². The summed E-state index contributed by atoms with van der Waals surface area (Å²) >= 11 is -0.878. The number of esters is 2. The maximum atomic E-state index is 12.2. The Hall–Kier alpha value is -2.46. The molecule has 0 aliphatic heterocycles. The van der Waals surface area contributed by atoms with Gasteiger partial charge in [-0.3, -0.25) is 0 Å². The minimum absolute atomic E-state index is 0.0772. The number of hydrogen-bond donors (Lipinski definition) is 0. The molecule has 344 valence electrons. The fraction of sp³-hybridized carbons (Fsp3) is 0.736. The van der Waals surface area contributed by atoms with Gasteiger partial charge in [-0.15, -0.1) is 0 Å². The SMILES string of the molecule is CCCCC/C=C\CC=CCCCCCCCC(=O)OCCCCOc1cc(C[As](C)C)cc(OCCCCOC(=O)CCCCCCC/C=C\CCCCCCCC)c1. The van der Waals surface area contributed by atoms with Gasteiger partial charge in [0.2, 0.25) is 0 Å². The predicted octanol–water partition coefficient (Wildman–Crippen LogP) is 15.8. The topological polar surface area (TPSA) is 71.1 Å². The Morgan fingerprint density at radius 2 is 0.817 bits per heavy atom. The first-order valence-corrected chi connectivity index (χ1v) is 29.8. The molecule has 0 amide bonds. The third-order valence-electron chi connectivity index (χ3n) is 10.6. The number of rotatable bonds is 43. The van der Waals surface area contributed by atoms with Gasteiger partial charge in [0, 0.05) is 0 Å². The van der Waals surface area contributed by atoms with Crippen LogP contribution in [0, 0.1) is 0 Å². The monoisotopic (exact) mass is 899 g/mol. The van der Waals surface area contributed by atoms with E-state index in [-0.39, 0.29) is 11.9 Å². The number of hydrogen-bond acceptors (Lipinski definition) is 6. The fourth-order valence-corrected chi connectivity index (χ4v) is 8.89. The number of carbonyl (C=O) groups is 2. The number of ether oxygens (including phenoxy) is 4. The quantitative estimate of drug-likeness (QED) is 0.0281. The van der Waals surface area contributed by atoms with Crippen LogP contribution < -0.4 is 9.47 Å². The van der Waals surface area contributed by atoms with Crippen LogP contribution in [0.2, 0.25) is 11.4 Å². The van der Waals surface area contributed by atoms with Gasteiger partial charge in [-0.1, -0.05) is 134 Å². The summed E-state index contributed by atoms with van der Waals surface area (Å²) < 4.78 is 23.2. The van der Waals surface area contributed by atoms with Crippen LogP contribution in [0.5, 0.6) is 11.5 Å². The zero-order valence-electron chi connectivity index (χ0n) is 39.3. The molecule has 1 rings (SSSR count). The molecular formula is C53H91AsO6. The van der Waals surface area contributed by atoms with Gasteiger partial charge in [0.1, 0.15) is 0 Å². The van der Waals surface area contributed by atoms with Crippen molar-refractivity contribution in [1.82, 2.24) is 0 Å². The normalized spacial score (nSPS) is 11.8. The second kappa shape index (κ2) is 43.2. The van der Waals surface area contributed by atoms with Crippen LogP contribution in [0.15, 0.2) is 54.7 Å². The number of allylic oxidation sites excluding steroid dienone is 6. The molecule has 0 fully saturated rings. The van der Waals surface area contributed by atoms with Crippen molar-refractivity contribution in [3.05, 3.63) is 60.2 Å². The molecule has 1 aromatic carbocycles. The Bertz CT molecular complexity index is 1220. The second-order valence-electron chi connectivity index (χ2n) is 16.9. The molecule has 0 radical (unpaired) electrons. The van der Waals surface area contributed by atoms with E-state index in [1.807, 2.05) is 6.07 Å². The Balaban J connectivity index is 2.09. The van der Waals surface area contributed by atoms with Crippen LogP contribution in [0.25, 0.3) is 0 Å². The van der Waals surface area contributed by atoms with Crippen molar-refractivity contribution >= 4 is 26.6 Å². The van der Waals surface area contributed by atoms with E-state index < -0.39 is 14.7 Å². The van der Waals surface area contributed by atoms with Gasteiger partial charge in [-0.05, 0) is 70.6 Å². The van der Waals surface area contributed by atoms with Crippen molar-refractivity contribution in [1.29, 1.82) is 0 Å². The van der Waals surface area contributed by atoms with Gasteiger partial charge in [-0.2, -0.15) is 0 Å². The van der Waals surface area contributed by atoms with Crippen molar-refractivity contribution in [2.75, 3.05) is 26.4 Å². The molecule has 0 unspecified atom stereocenters. The molecule has 60 heavy (non-hydrogen) atoms. The van der Waals surface area contributed by atoms with E-state index in [0.717, 1.165) is 80.9 Å². The van der Waals surface area contributed by atoms with Gasteiger partial charge in [0.15, 0.2) is 0 Å². The standard InChI is InChI=1S/C53H91AsO6/c1-5-7-9-11-13-15-17-19-21-23-25-27-29-31-33-39-52(55)59-43-37-35-41-57-50-45-49(48-54(3)4)46-51(47-50)58-42-36-38-44-60-53(56)40-34-32-30-28-26-24-22-20-18-16-14-12-10-8-6-2/h13,15,19-22,45-47H,5-12,14,16-18,23-44,48H2,1-4H3/b15-13-,21-19?,22-20-. The predicted molar refractivity (Wildman–Crippen MR) is 258 cm³/mol. The second-order valence-corrected chi connectivity index (χ2v) is 22.1. The zero-order chi connectivity index (χ0) is 43.4. The summed E-state index contributed by atoms with van der Waals surface area (Å²) in [5.74, 6) is 1.51. The average Bonchev–Trinajstić information content (AvgIpc) is 3.23. The molecule has 1 aromatic rings. The van der Waals surface area contributed by atoms with Crippen molar-refractivity contribution in [3.8, 4) is 11.5 Å². The molecule has 0 aromatic heterocycles. The van der Waals surface area contributed by atoms with Gasteiger partial charge >= 0.3 is 172 Å². The third kappa shape index (κ3) is 38.5. The van der Waals surface area contributed by atoms with E-state index in [4.69, 9.17) is 18.9 Å². The number of benzene rings is 1. The molecule has 0 atom stereocenters. The van der Waals surface area contributed by atoms with E-state index in [2.05, 4.69) is 73.9 Å². The molecule has 0 aliphatic carbocycles. The molecule has 0 bridgehead atoms.